The van der Waals surface area contributed by atoms with Crippen molar-refractivity contribution >= 4 is 41.6 Å². The van der Waals surface area contributed by atoms with Gasteiger partial charge in [0.05, 0.1) is 12.6 Å². The molecule has 18 nitrogen and oxygen atoms in total. The Hall–Kier alpha value is -5.13. The standard InChI is InChI=1S/C30H53N13O5/c1-19(2)24(27(47)42-22(13-9-17-40-30(35)36)25(45)37-14-6-7-15-38-28(31)32)43-26(46)21(12-8-16-39-29(33)34)41-18-23(44)48-20-10-4-3-5-11-20/h3-5,10-11,19,21-22,24,41H,6-9,12-18H2,1-2H3,(H,37,45)(H,42,47)(H,43,46)(H4,31,32,38)(H4,33,34,39)(H4,35,36,40)/t21-,22-,24-/m0/s1. The van der Waals surface area contributed by atoms with E-state index in [-0.39, 0.29) is 56.3 Å². The normalized spacial score (nSPS) is 12.5. The first-order chi connectivity index (χ1) is 22.8. The summed E-state index contributed by atoms with van der Waals surface area (Å²) >= 11 is 0. The summed E-state index contributed by atoms with van der Waals surface area (Å²) in [4.78, 5) is 64.4. The van der Waals surface area contributed by atoms with E-state index in [4.69, 9.17) is 39.1 Å². The summed E-state index contributed by atoms with van der Waals surface area (Å²) in [5, 5.41) is 11.3. The van der Waals surface area contributed by atoms with E-state index >= 15 is 0 Å². The van der Waals surface area contributed by atoms with Crippen LogP contribution in [-0.2, 0) is 19.2 Å². The molecule has 3 amide bonds. The number of hydrogen-bond donors (Lipinski definition) is 10. The second-order valence-corrected chi connectivity index (χ2v) is 11.2. The lowest BCUT2D eigenvalue weighted by Crippen LogP contribution is -2.58. The molecule has 48 heavy (non-hydrogen) atoms. The largest absolute Gasteiger partial charge is 0.426 e. The lowest BCUT2D eigenvalue weighted by atomic mass is 10.0. The maximum Gasteiger partial charge on any atom is 0.325 e. The van der Waals surface area contributed by atoms with Crippen molar-refractivity contribution in [3.05, 3.63) is 30.3 Å². The van der Waals surface area contributed by atoms with Crippen molar-refractivity contribution in [3.63, 3.8) is 0 Å². The molecule has 1 rings (SSSR count). The van der Waals surface area contributed by atoms with Crippen LogP contribution in [0, 0.1) is 5.92 Å². The maximum absolute atomic E-state index is 13.5. The molecule has 0 bridgehead atoms. The predicted molar refractivity (Wildman–Crippen MR) is 185 cm³/mol. The van der Waals surface area contributed by atoms with Crippen LogP contribution in [0.15, 0.2) is 45.3 Å². The van der Waals surface area contributed by atoms with Gasteiger partial charge in [-0.3, -0.25) is 39.5 Å². The van der Waals surface area contributed by atoms with Gasteiger partial charge in [0, 0.05) is 26.2 Å². The Balaban J connectivity index is 2.97. The summed E-state index contributed by atoms with van der Waals surface area (Å²) < 4.78 is 5.31. The molecule has 3 atom stereocenters. The van der Waals surface area contributed by atoms with Gasteiger partial charge in [-0.05, 0) is 56.6 Å². The van der Waals surface area contributed by atoms with E-state index in [1.807, 2.05) is 0 Å². The number of aliphatic imine (C=N–C) groups is 3. The third-order valence-corrected chi connectivity index (χ3v) is 6.73. The predicted octanol–water partition coefficient (Wildman–Crippen LogP) is -2.55. The molecule has 1 aromatic rings. The molecule has 0 spiro atoms. The number of carbonyl (C=O) groups is 4. The van der Waals surface area contributed by atoms with Gasteiger partial charge in [-0.25, -0.2) is 0 Å². The molecule has 0 aliphatic carbocycles. The number of para-hydroxylation sites is 1. The number of hydrogen-bond acceptors (Lipinski definition) is 9. The van der Waals surface area contributed by atoms with Crippen LogP contribution in [0.4, 0.5) is 0 Å². The van der Waals surface area contributed by atoms with Gasteiger partial charge in [0.2, 0.25) is 17.7 Å². The van der Waals surface area contributed by atoms with E-state index in [9.17, 15) is 19.2 Å². The number of carbonyl (C=O) groups excluding carboxylic acids is 4. The smallest absolute Gasteiger partial charge is 0.325 e. The summed E-state index contributed by atoms with van der Waals surface area (Å²) in [7, 11) is 0. The van der Waals surface area contributed by atoms with Gasteiger partial charge in [0.15, 0.2) is 17.9 Å². The first-order valence-corrected chi connectivity index (χ1v) is 15.8. The minimum absolute atomic E-state index is 0.00649. The molecular formula is C30H53N13O5. The van der Waals surface area contributed by atoms with Crippen LogP contribution in [-0.4, -0.2) is 92.4 Å². The zero-order chi connectivity index (χ0) is 35.9. The topological polar surface area (TPSA) is 319 Å². The molecule has 0 aliphatic heterocycles. The number of nitrogens with zero attached hydrogens (tertiary/aromatic N) is 3. The molecule has 1 aromatic carbocycles. The SMILES string of the molecule is CC(C)[C@H](NC(=O)[C@H](CCCN=C(N)N)NCC(=O)Oc1ccccc1)C(=O)N[C@@H](CCCN=C(N)N)C(=O)NCCCCN=C(N)N. The number of guanidine groups is 3. The number of esters is 1. The van der Waals surface area contributed by atoms with Crippen molar-refractivity contribution in [3.8, 4) is 5.75 Å². The Bertz CT molecular complexity index is 1230. The van der Waals surface area contributed by atoms with E-state index in [0.717, 1.165) is 0 Å². The third-order valence-electron chi connectivity index (χ3n) is 6.73. The van der Waals surface area contributed by atoms with Crippen molar-refractivity contribution in [1.29, 1.82) is 0 Å². The van der Waals surface area contributed by atoms with Gasteiger partial charge >= 0.3 is 5.97 Å². The van der Waals surface area contributed by atoms with Gasteiger partial charge in [-0.1, -0.05) is 32.0 Å². The third kappa shape index (κ3) is 18.7. The average molecular weight is 676 g/mol. The number of unbranched alkanes of at least 4 members (excludes halogenated alkanes) is 1. The van der Waals surface area contributed by atoms with Gasteiger partial charge in [-0.2, -0.15) is 0 Å². The Morgan fingerprint density at radius 3 is 1.77 bits per heavy atom. The molecule has 0 radical (unpaired) electrons. The van der Waals surface area contributed by atoms with Crippen LogP contribution in [0.1, 0.15) is 52.4 Å². The van der Waals surface area contributed by atoms with Crippen molar-refractivity contribution in [1.82, 2.24) is 21.3 Å². The second kappa shape index (κ2) is 23.2. The van der Waals surface area contributed by atoms with Gasteiger partial charge in [-0.15, -0.1) is 0 Å². The monoisotopic (exact) mass is 675 g/mol. The number of ether oxygens (including phenoxy) is 1. The fourth-order valence-electron chi connectivity index (χ4n) is 4.29. The molecule has 0 aliphatic rings. The van der Waals surface area contributed by atoms with Gasteiger partial charge < -0.3 is 55.1 Å². The van der Waals surface area contributed by atoms with Crippen LogP contribution in [0.25, 0.3) is 0 Å². The summed E-state index contributed by atoms with van der Waals surface area (Å²) in [6, 6.07) is 5.67. The van der Waals surface area contributed by atoms with Crippen LogP contribution < -0.4 is 60.4 Å². The lowest BCUT2D eigenvalue weighted by Gasteiger charge is -2.27. The fourth-order valence-corrected chi connectivity index (χ4v) is 4.29. The van der Waals surface area contributed by atoms with Crippen molar-refractivity contribution in [2.24, 2.45) is 55.3 Å². The molecule has 0 heterocycles. The minimum atomic E-state index is -1.01. The molecule has 0 fully saturated rings. The molecular weight excluding hydrogens is 622 g/mol. The highest BCUT2D eigenvalue weighted by atomic mass is 16.5. The Labute approximate surface area is 281 Å². The van der Waals surface area contributed by atoms with E-state index in [1.165, 1.54) is 0 Å². The lowest BCUT2D eigenvalue weighted by molar-refractivity contribution is -0.135. The highest BCUT2D eigenvalue weighted by molar-refractivity contribution is 5.93. The van der Waals surface area contributed by atoms with E-state index in [2.05, 4.69) is 36.2 Å². The van der Waals surface area contributed by atoms with Crippen LogP contribution in [0.2, 0.25) is 0 Å². The van der Waals surface area contributed by atoms with Crippen LogP contribution >= 0.6 is 0 Å². The molecule has 0 aromatic heterocycles. The van der Waals surface area contributed by atoms with Crippen molar-refractivity contribution < 1.29 is 23.9 Å². The zero-order valence-corrected chi connectivity index (χ0v) is 27.8. The minimum Gasteiger partial charge on any atom is -0.426 e. The number of benzene rings is 1. The van der Waals surface area contributed by atoms with E-state index in [1.54, 1.807) is 44.2 Å². The summed E-state index contributed by atoms with van der Waals surface area (Å²) in [5.74, 6) is -2.28. The Morgan fingerprint density at radius 1 is 0.688 bits per heavy atom. The van der Waals surface area contributed by atoms with E-state index in [0.29, 0.717) is 44.5 Å². The highest BCUT2D eigenvalue weighted by Crippen LogP contribution is 2.10. The summed E-state index contributed by atoms with van der Waals surface area (Å²) in [6.07, 6.45) is 2.54. The molecule has 16 N–H and O–H groups in total. The maximum atomic E-state index is 13.5. The fraction of sp³-hybridized carbons (Fsp3) is 0.567. The molecule has 268 valence electrons. The Morgan fingerprint density at radius 2 is 1.23 bits per heavy atom. The highest BCUT2D eigenvalue weighted by Gasteiger charge is 2.31. The number of nitrogens with two attached hydrogens (primary N) is 6. The van der Waals surface area contributed by atoms with Gasteiger partial charge in [0.1, 0.15) is 17.8 Å². The average Bonchev–Trinajstić information content (AvgIpc) is 3.02. The van der Waals surface area contributed by atoms with Gasteiger partial charge in [0.25, 0.3) is 0 Å². The van der Waals surface area contributed by atoms with Crippen LogP contribution in [0.5, 0.6) is 5.75 Å². The molecule has 18 heteroatoms. The number of rotatable bonds is 23. The first-order valence-electron chi connectivity index (χ1n) is 15.8. The zero-order valence-electron chi connectivity index (χ0n) is 27.8. The molecule has 0 saturated carbocycles. The van der Waals surface area contributed by atoms with Crippen LogP contribution in [0.3, 0.4) is 0 Å². The summed E-state index contributed by atoms with van der Waals surface area (Å²) in [6.45, 7) is 4.50. The summed E-state index contributed by atoms with van der Waals surface area (Å²) in [5.41, 5.74) is 32.3. The number of nitrogens with one attached hydrogen (secondary N) is 4. The second-order valence-electron chi connectivity index (χ2n) is 11.2. The molecule has 0 saturated heterocycles. The first kappa shape index (κ1) is 40.9. The molecule has 0 unspecified atom stereocenters. The Kier molecular flexibility index (Phi) is 19.8. The van der Waals surface area contributed by atoms with Crippen molar-refractivity contribution in [2.45, 2.75) is 70.5 Å². The quantitative estimate of drug-likeness (QED) is 0.0188. The van der Waals surface area contributed by atoms with Crippen molar-refractivity contribution in [2.75, 3.05) is 32.7 Å². The van der Waals surface area contributed by atoms with E-state index < -0.39 is 41.8 Å². The number of amides is 3.